The van der Waals surface area contributed by atoms with Gasteiger partial charge in [-0.1, -0.05) is 6.07 Å². The number of hydrazine groups is 1. The van der Waals surface area contributed by atoms with Crippen molar-refractivity contribution >= 4 is 11.8 Å². The Morgan fingerprint density at radius 2 is 2.06 bits per heavy atom. The van der Waals surface area contributed by atoms with E-state index >= 15 is 0 Å². The van der Waals surface area contributed by atoms with Gasteiger partial charge in [0.15, 0.2) is 0 Å². The fourth-order valence-corrected chi connectivity index (χ4v) is 2.01. The number of hydrogen-bond donors (Lipinski definition) is 2. The quantitative estimate of drug-likeness (QED) is 0.501. The summed E-state index contributed by atoms with van der Waals surface area (Å²) in [6, 6.07) is 2.45. The van der Waals surface area contributed by atoms with E-state index in [1.165, 1.54) is 17.8 Å². The van der Waals surface area contributed by atoms with Crippen molar-refractivity contribution in [3.63, 3.8) is 0 Å². The fourth-order valence-electron chi connectivity index (χ4n) is 1.38. The molecule has 0 aliphatic carbocycles. The second-order valence-electron chi connectivity index (χ2n) is 3.41. The van der Waals surface area contributed by atoms with E-state index in [0.717, 1.165) is 12.1 Å². The lowest BCUT2D eigenvalue weighted by atomic mass is 10.0. The van der Waals surface area contributed by atoms with E-state index < -0.39 is 23.6 Å². The van der Waals surface area contributed by atoms with Gasteiger partial charge in [0, 0.05) is 5.75 Å². The van der Waals surface area contributed by atoms with Gasteiger partial charge in [-0.15, -0.1) is 0 Å². The predicted molar refractivity (Wildman–Crippen MR) is 59.8 cm³/mol. The average Bonchev–Trinajstić information content (AvgIpc) is 2.25. The lowest BCUT2D eigenvalue weighted by molar-refractivity contribution is -0.140. The van der Waals surface area contributed by atoms with E-state index in [4.69, 9.17) is 5.84 Å². The van der Waals surface area contributed by atoms with Crippen LogP contribution in [-0.2, 0) is 6.18 Å². The average molecular weight is 268 g/mol. The number of benzene rings is 1. The molecule has 0 radical (unpaired) electrons. The van der Waals surface area contributed by atoms with Gasteiger partial charge in [0.1, 0.15) is 5.82 Å². The molecule has 0 bridgehead atoms. The highest BCUT2D eigenvalue weighted by atomic mass is 32.2. The molecule has 17 heavy (non-hydrogen) atoms. The van der Waals surface area contributed by atoms with Crippen LogP contribution in [0, 0.1) is 5.82 Å². The fraction of sp³-hybridized carbons (Fsp3) is 0.400. The molecule has 3 N–H and O–H groups in total. The summed E-state index contributed by atoms with van der Waals surface area (Å²) in [7, 11) is 0. The molecule has 0 aliphatic heterocycles. The molecular weight excluding hydrogens is 256 g/mol. The maximum atomic E-state index is 13.0. The first-order valence-corrected chi connectivity index (χ1v) is 6.11. The SMILES string of the molecule is CSCC(NN)c1ccc(F)c(C(F)(F)F)c1. The number of nitrogens with two attached hydrogens (primary N) is 1. The van der Waals surface area contributed by atoms with Crippen molar-refractivity contribution < 1.29 is 17.6 Å². The first-order chi connectivity index (χ1) is 7.90. The van der Waals surface area contributed by atoms with E-state index in [2.05, 4.69) is 5.43 Å². The zero-order chi connectivity index (χ0) is 13.1. The van der Waals surface area contributed by atoms with Crippen molar-refractivity contribution in [3.05, 3.63) is 35.1 Å². The summed E-state index contributed by atoms with van der Waals surface area (Å²) in [5.74, 6) is 4.47. The summed E-state index contributed by atoms with van der Waals surface area (Å²) in [4.78, 5) is 0. The minimum atomic E-state index is -4.70. The first-order valence-electron chi connectivity index (χ1n) is 4.72. The molecule has 0 saturated carbocycles. The van der Waals surface area contributed by atoms with Crippen LogP contribution in [0.25, 0.3) is 0 Å². The minimum absolute atomic E-state index is 0.315. The highest BCUT2D eigenvalue weighted by Gasteiger charge is 2.34. The Balaban J connectivity index is 3.11. The van der Waals surface area contributed by atoms with Crippen LogP contribution in [-0.4, -0.2) is 12.0 Å². The number of hydrogen-bond acceptors (Lipinski definition) is 3. The zero-order valence-corrected chi connectivity index (χ0v) is 9.83. The van der Waals surface area contributed by atoms with Crippen molar-refractivity contribution in [3.8, 4) is 0 Å². The maximum absolute atomic E-state index is 13.0. The normalized spacial score (nSPS) is 13.8. The number of thioether (sulfide) groups is 1. The van der Waals surface area contributed by atoms with Crippen LogP contribution >= 0.6 is 11.8 Å². The van der Waals surface area contributed by atoms with Gasteiger partial charge in [0.2, 0.25) is 0 Å². The number of alkyl halides is 3. The Hall–Kier alpha value is -0.790. The Labute approximate surface area is 101 Å². The Kier molecular flexibility index (Phi) is 4.79. The summed E-state index contributed by atoms with van der Waals surface area (Å²) in [5.41, 5.74) is 1.45. The van der Waals surface area contributed by atoms with Gasteiger partial charge in [-0.05, 0) is 24.0 Å². The molecule has 1 aromatic rings. The highest BCUT2D eigenvalue weighted by molar-refractivity contribution is 7.98. The standard InChI is InChI=1S/C10H12F4N2S/c1-17-5-9(16-15)6-2-3-8(11)7(4-6)10(12,13)14/h2-4,9,16H,5,15H2,1H3. The summed E-state index contributed by atoms with van der Waals surface area (Å²) < 4.78 is 50.5. The summed E-state index contributed by atoms with van der Waals surface area (Å²) in [5, 5.41) is 0. The Morgan fingerprint density at radius 1 is 1.41 bits per heavy atom. The third kappa shape index (κ3) is 3.58. The molecule has 7 heteroatoms. The smallest absolute Gasteiger partial charge is 0.271 e. The Morgan fingerprint density at radius 3 is 2.53 bits per heavy atom. The maximum Gasteiger partial charge on any atom is 0.419 e. The van der Waals surface area contributed by atoms with Crippen LogP contribution in [0.2, 0.25) is 0 Å². The van der Waals surface area contributed by atoms with Crippen LogP contribution < -0.4 is 11.3 Å². The van der Waals surface area contributed by atoms with Gasteiger partial charge in [-0.25, -0.2) is 4.39 Å². The van der Waals surface area contributed by atoms with Crippen molar-refractivity contribution in [1.29, 1.82) is 0 Å². The molecule has 0 aliphatic rings. The van der Waals surface area contributed by atoms with Crippen molar-refractivity contribution in [2.45, 2.75) is 12.2 Å². The zero-order valence-electron chi connectivity index (χ0n) is 9.01. The molecule has 1 aromatic carbocycles. The van der Waals surface area contributed by atoms with Crippen molar-refractivity contribution in [1.82, 2.24) is 5.43 Å². The lowest BCUT2D eigenvalue weighted by Crippen LogP contribution is -2.30. The first kappa shape index (κ1) is 14.3. The summed E-state index contributed by atoms with van der Waals surface area (Å²) >= 11 is 1.43. The molecule has 96 valence electrons. The molecular formula is C10H12F4N2S. The van der Waals surface area contributed by atoms with Crippen LogP contribution in [0.3, 0.4) is 0 Å². The molecule has 0 fully saturated rings. The van der Waals surface area contributed by atoms with Crippen LogP contribution in [0.1, 0.15) is 17.2 Å². The van der Waals surface area contributed by atoms with Gasteiger partial charge >= 0.3 is 6.18 Å². The van der Waals surface area contributed by atoms with Gasteiger partial charge in [0.05, 0.1) is 11.6 Å². The molecule has 1 rings (SSSR count). The summed E-state index contributed by atoms with van der Waals surface area (Å²) in [6.45, 7) is 0. The number of rotatable bonds is 4. The lowest BCUT2D eigenvalue weighted by Gasteiger charge is -2.17. The van der Waals surface area contributed by atoms with Crippen molar-refractivity contribution in [2.75, 3.05) is 12.0 Å². The van der Waals surface area contributed by atoms with Crippen molar-refractivity contribution in [2.24, 2.45) is 5.84 Å². The van der Waals surface area contributed by atoms with Gasteiger partial charge in [-0.2, -0.15) is 24.9 Å². The van der Waals surface area contributed by atoms with Gasteiger partial charge in [-0.3, -0.25) is 11.3 Å². The second kappa shape index (κ2) is 5.70. The third-order valence-corrected chi connectivity index (χ3v) is 2.90. The molecule has 0 aromatic heterocycles. The van der Waals surface area contributed by atoms with E-state index in [1.807, 2.05) is 0 Å². The summed E-state index contributed by atoms with van der Waals surface area (Å²) in [6.07, 6.45) is -2.89. The molecule has 1 atom stereocenters. The molecule has 0 spiro atoms. The monoisotopic (exact) mass is 268 g/mol. The number of halogens is 4. The molecule has 0 saturated heterocycles. The van der Waals surface area contributed by atoms with E-state index in [-0.39, 0.29) is 0 Å². The van der Waals surface area contributed by atoms with Gasteiger partial charge < -0.3 is 0 Å². The van der Waals surface area contributed by atoms with Crippen LogP contribution in [0.15, 0.2) is 18.2 Å². The highest BCUT2D eigenvalue weighted by Crippen LogP contribution is 2.33. The molecule has 0 amide bonds. The minimum Gasteiger partial charge on any atom is -0.271 e. The predicted octanol–water partition coefficient (Wildman–Crippen LogP) is 2.71. The van der Waals surface area contributed by atoms with E-state index in [0.29, 0.717) is 11.3 Å². The Bertz CT molecular complexity index is 381. The molecule has 0 heterocycles. The topological polar surface area (TPSA) is 38.0 Å². The van der Waals surface area contributed by atoms with Crippen LogP contribution in [0.4, 0.5) is 17.6 Å². The van der Waals surface area contributed by atoms with Gasteiger partial charge in [0.25, 0.3) is 0 Å². The largest absolute Gasteiger partial charge is 0.419 e. The second-order valence-corrected chi connectivity index (χ2v) is 4.32. The van der Waals surface area contributed by atoms with Crippen LogP contribution in [0.5, 0.6) is 0 Å². The third-order valence-electron chi connectivity index (χ3n) is 2.23. The van der Waals surface area contributed by atoms with E-state index in [9.17, 15) is 17.6 Å². The number of nitrogens with one attached hydrogen (secondary N) is 1. The molecule has 1 unspecified atom stereocenters. The molecule has 2 nitrogen and oxygen atoms in total. The van der Waals surface area contributed by atoms with E-state index in [1.54, 1.807) is 6.26 Å².